The van der Waals surface area contributed by atoms with E-state index in [1.54, 1.807) is 0 Å². The third-order valence-electron chi connectivity index (χ3n) is 2.87. The molecule has 0 fully saturated rings. The summed E-state index contributed by atoms with van der Waals surface area (Å²) in [5.74, 6) is 0. The second kappa shape index (κ2) is 4.88. The van der Waals surface area contributed by atoms with Crippen LogP contribution in [0.4, 0.5) is 5.69 Å². The van der Waals surface area contributed by atoms with Gasteiger partial charge in [-0.15, -0.1) is 0 Å². The lowest BCUT2D eigenvalue weighted by Gasteiger charge is -2.26. The molecular weight excluding hydrogens is 196 g/mol. The Morgan fingerprint density at radius 1 is 1.25 bits per heavy atom. The molecule has 0 aliphatic rings. The standard InChI is InChI=1S/C14H24N2/c1-11-6-7-12(2)13(10-11)16(5)9-8-14(3,4)15/h6-7,10H,8-9,15H2,1-5H3. The van der Waals surface area contributed by atoms with E-state index in [0.717, 1.165) is 13.0 Å². The van der Waals surface area contributed by atoms with Crippen LogP contribution >= 0.6 is 0 Å². The number of aryl methyl sites for hydroxylation is 2. The largest absolute Gasteiger partial charge is 0.374 e. The van der Waals surface area contributed by atoms with E-state index in [9.17, 15) is 0 Å². The summed E-state index contributed by atoms with van der Waals surface area (Å²) in [6.45, 7) is 9.42. The van der Waals surface area contributed by atoms with Gasteiger partial charge in [-0.3, -0.25) is 0 Å². The molecule has 1 aromatic rings. The van der Waals surface area contributed by atoms with E-state index in [0.29, 0.717) is 0 Å². The van der Waals surface area contributed by atoms with Gasteiger partial charge in [-0.1, -0.05) is 12.1 Å². The summed E-state index contributed by atoms with van der Waals surface area (Å²) in [4.78, 5) is 2.29. The van der Waals surface area contributed by atoms with Crippen LogP contribution in [-0.2, 0) is 0 Å². The molecule has 0 unspecified atom stereocenters. The average Bonchev–Trinajstić information content (AvgIpc) is 2.17. The molecule has 1 aromatic carbocycles. The minimum absolute atomic E-state index is 0.0913. The maximum atomic E-state index is 6.00. The van der Waals surface area contributed by atoms with E-state index in [1.807, 2.05) is 0 Å². The maximum absolute atomic E-state index is 6.00. The first-order valence-electron chi connectivity index (χ1n) is 5.87. The Morgan fingerprint density at radius 3 is 2.44 bits per heavy atom. The summed E-state index contributed by atoms with van der Waals surface area (Å²) in [7, 11) is 2.13. The predicted octanol–water partition coefficient (Wildman–Crippen LogP) is 2.87. The molecule has 0 spiro atoms. The van der Waals surface area contributed by atoms with E-state index < -0.39 is 0 Å². The fraction of sp³-hybridized carbons (Fsp3) is 0.571. The Labute approximate surface area is 99.5 Å². The van der Waals surface area contributed by atoms with E-state index in [-0.39, 0.29) is 5.54 Å². The Bertz CT molecular complexity index is 350. The zero-order valence-electron chi connectivity index (χ0n) is 11.2. The highest BCUT2D eigenvalue weighted by Crippen LogP contribution is 2.21. The molecule has 0 bridgehead atoms. The molecule has 16 heavy (non-hydrogen) atoms. The van der Waals surface area contributed by atoms with Crippen molar-refractivity contribution in [3.05, 3.63) is 29.3 Å². The lowest BCUT2D eigenvalue weighted by molar-refractivity contribution is 0.479. The van der Waals surface area contributed by atoms with Gasteiger partial charge < -0.3 is 10.6 Å². The SMILES string of the molecule is Cc1ccc(C)c(N(C)CCC(C)(C)N)c1. The molecule has 0 heterocycles. The number of hydrogen-bond donors (Lipinski definition) is 1. The molecule has 0 aromatic heterocycles. The molecule has 2 nitrogen and oxygen atoms in total. The topological polar surface area (TPSA) is 29.3 Å². The summed E-state index contributed by atoms with van der Waals surface area (Å²) in [6.07, 6.45) is 0.997. The molecular formula is C14H24N2. The minimum Gasteiger partial charge on any atom is -0.374 e. The van der Waals surface area contributed by atoms with Crippen molar-refractivity contribution in [1.82, 2.24) is 0 Å². The van der Waals surface area contributed by atoms with Gasteiger partial charge in [0.25, 0.3) is 0 Å². The van der Waals surface area contributed by atoms with Gasteiger partial charge in [-0.25, -0.2) is 0 Å². The predicted molar refractivity (Wildman–Crippen MR) is 72.1 cm³/mol. The molecule has 2 N–H and O–H groups in total. The van der Waals surface area contributed by atoms with Crippen molar-refractivity contribution in [2.24, 2.45) is 5.73 Å². The Morgan fingerprint density at radius 2 is 1.88 bits per heavy atom. The minimum atomic E-state index is -0.0913. The first-order chi connectivity index (χ1) is 7.29. The highest BCUT2D eigenvalue weighted by molar-refractivity contribution is 5.54. The molecule has 0 aliphatic heterocycles. The first-order valence-corrected chi connectivity index (χ1v) is 5.87. The third-order valence-corrected chi connectivity index (χ3v) is 2.87. The molecule has 2 heteroatoms. The van der Waals surface area contributed by atoms with Crippen LogP contribution in [0.2, 0.25) is 0 Å². The van der Waals surface area contributed by atoms with Gasteiger partial charge in [0.1, 0.15) is 0 Å². The quantitative estimate of drug-likeness (QED) is 0.845. The molecule has 1 rings (SSSR count). The molecule has 0 amide bonds. The van der Waals surface area contributed by atoms with Crippen LogP contribution in [0.5, 0.6) is 0 Å². The highest BCUT2D eigenvalue weighted by Gasteiger charge is 2.12. The van der Waals surface area contributed by atoms with Gasteiger partial charge in [-0.05, 0) is 51.3 Å². The van der Waals surface area contributed by atoms with Crippen molar-refractivity contribution in [3.8, 4) is 0 Å². The zero-order valence-corrected chi connectivity index (χ0v) is 11.2. The van der Waals surface area contributed by atoms with Crippen LogP contribution < -0.4 is 10.6 Å². The molecule has 0 saturated carbocycles. The summed E-state index contributed by atoms with van der Waals surface area (Å²) in [6, 6.07) is 6.56. The van der Waals surface area contributed by atoms with Gasteiger partial charge in [0.2, 0.25) is 0 Å². The van der Waals surface area contributed by atoms with Gasteiger partial charge in [0.05, 0.1) is 0 Å². The lowest BCUT2D eigenvalue weighted by atomic mass is 10.0. The summed E-state index contributed by atoms with van der Waals surface area (Å²) in [5.41, 5.74) is 9.85. The number of benzene rings is 1. The fourth-order valence-corrected chi connectivity index (χ4v) is 1.71. The van der Waals surface area contributed by atoms with Crippen molar-refractivity contribution in [3.63, 3.8) is 0 Å². The molecule has 90 valence electrons. The van der Waals surface area contributed by atoms with Crippen LogP contribution in [0.25, 0.3) is 0 Å². The van der Waals surface area contributed by atoms with Crippen molar-refractivity contribution < 1.29 is 0 Å². The second-order valence-electron chi connectivity index (χ2n) is 5.45. The number of hydrogen-bond acceptors (Lipinski definition) is 2. The van der Waals surface area contributed by atoms with Gasteiger partial charge >= 0.3 is 0 Å². The van der Waals surface area contributed by atoms with Crippen LogP contribution in [0.1, 0.15) is 31.4 Å². The van der Waals surface area contributed by atoms with Crippen LogP contribution in [0.15, 0.2) is 18.2 Å². The number of nitrogens with zero attached hydrogens (tertiary/aromatic N) is 1. The Kier molecular flexibility index (Phi) is 3.98. The second-order valence-corrected chi connectivity index (χ2v) is 5.45. The molecule has 0 saturated heterocycles. The molecule has 0 radical (unpaired) electrons. The van der Waals surface area contributed by atoms with E-state index in [4.69, 9.17) is 5.73 Å². The summed E-state index contributed by atoms with van der Waals surface area (Å²) >= 11 is 0. The average molecular weight is 220 g/mol. The maximum Gasteiger partial charge on any atom is 0.0395 e. The van der Waals surface area contributed by atoms with Crippen LogP contribution in [0, 0.1) is 13.8 Å². The Balaban J connectivity index is 2.73. The van der Waals surface area contributed by atoms with Gasteiger partial charge in [0.15, 0.2) is 0 Å². The normalized spacial score (nSPS) is 11.6. The lowest BCUT2D eigenvalue weighted by Crippen LogP contribution is -2.36. The monoisotopic (exact) mass is 220 g/mol. The van der Waals surface area contributed by atoms with Crippen LogP contribution in [0.3, 0.4) is 0 Å². The fourth-order valence-electron chi connectivity index (χ4n) is 1.71. The van der Waals surface area contributed by atoms with E-state index in [1.165, 1.54) is 16.8 Å². The summed E-state index contributed by atoms with van der Waals surface area (Å²) in [5, 5.41) is 0. The van der Waals surface area contributed by atoms with Crippen molar-refractivity contribution >= 4 is 5.69 Å². The van der Waals surface area contributed by atoms with Gasteiger partial charge in [0, 0.05) is 24.8 Å². The highest BCUT2D eigenvalue weighted by atomic mass is 15.1. The number of nitrogens with two attached hydrogens (primary N) is 1. The van der Waals surface area contributed by atoms with Gasteiger partial charge in [-0.2, -0.15) is 0 Å². The molecule has 0 aliphatic carbocycles. The zero-order chi connectivity index (χ0) is 12.3. The van der Waals surface area contributed by atoms with Crippen molar-refractivity contribution in [1.29, 1.82) is 0 Å². The smallest absolute Gasteiger partial charge is 0.0395 e. The molecule has 0 atom stereocenters. The number of rotatable bonds is 4. The third kappa shape index (κ3) is 3.86. The van der Waals surface area contributed by atoms with Crippen LogP contribution in [-0.4, -0.2) is 19.1 Å². The number of anilines is 1. The van der Waals surface area contributed by atoms with E-state index >= 15 is 0 Å². The first kappa shape index (κ1) is 13.0. The van der Waals surface area contributed by atoms with Crippen molar-refractivity contribution in [2.75, 3.05) is 18.5 Å². The van der Waals surface area contributed by atoms with Crippen molar-refractivity contribution in [2.45, 2.75) is 39.7 Å². The Hall–Kier alpha value is -1.02. The summed E-state index contributed by atoms with van der Waals surface area (Å²) < 4.78 is 0. The van der Waals surface area contributed by atoms with E-state index in [2.05, 4.69) is 57.8 Å².